The van der Waals surface area contributed by atoms with Gasteiger partial charge in [0.15, 0.2) is 0 Å². The van der Waals surface area contributed by atoms with Crippen molar-refractivity contribution >= 4 is 29.0 Å². The number of anilines is 1. The van der Waals surface area contributed by atoms with Gasteiger partial charge in [-0.05, 0) is 12.7 Å². The summed E-state index contributed by atoms with van der Waals surface area (Å²) in [5.74, 6) is 0.346. The van der Waals surface area contributed by atoms with Crippen LogP contribution in [-0.2, 0) is 6.42 Å². The van der Waals surface area contributed by atoms with Crippen LogP contribution in [0.5, 0.6) is 0 Å². The Bertz CT molecular complexity index is 462. The predicted molar refractivity (Wildman–Crippen MR) is 60.4 cm³/mol. The lowest BCUT2D eigenvalue weighted by atomic mass is 10.5. The Hall–Kier alpha value is -1.15. The molecule has 2 heterocycles. The molecule has 2 rings (SSSR count). The molecule has 0 aliphatic rings. The molecule has 0 unspecified atom stereocenters. The fourth-order valence-corrected chi connectivity index (χ4v) is 2.09. The monoisotopic (exact) mass is 242 g/mol. The molecule has 2 aromatic rings. The quantitative estimate of drug-likeness (QED) is 0.808. The van der Waals surface area contributed by atoms with Crippen molar-refractivity contribution in [1.82, 2.24) is 25.0 Å². The molecule has 0 atom stereocenters. The molecule has 2 N–H and O–H groups in total. The van der Waals surface area contributed by atoms with Gasteiger partial charge in [0.2, 0.25) is 16.2 Å². The van der Waals surface area contributed by atoms with E-state index in [0.29, 0.717) is 16.2 Å². The Kier molecular flexibility index (Phi) is 2.87. The van der Waals surface area contributed by atoms with Crippen LogP contribution < -0.4 is 5.73 Å². The summed E-state index contributed by atoms with van der Waals surface area (Å²) < 4.78 is 1.52. The van der Waals surface area contributed by atoms with E-state index in [1.807, 2.05) is 13.2 Å². The molecular weight excluding hydrogens is 232 g/mol. The van der Waals surface area contributed by atoms with Crippen molar-refractivity contribution in [2.24, 2.45) is 0 Å². The van der Waals surface area contributed by atoms with Gasteiger partial charge in [-0.15, -0.1) is 15.3 Å². The average Bonchev–Trinajstić information content (AvgIpc) is 2.83. The summed E-state index contributed by atoms with van der Waals surface area (Å²) in [4.78, 5) is 4.07. The normalized spacial score (nSPS) is 10.8. The summed E-state index contributed by atoms with van der Waals surface area (Å²) in [6, 6.07) is 0. The number of rotatable bonds is 3. The van der Waals surface area contributed by atoms with E-state index in [2.05, 4.69) is 20.3 Å². The van der Waals surface area contributed by atoms with Crippen molar-refractivity contribution in [1.29, 1.82) is 0 Å². The van der Waals surface area contributed by atoms with Crippen LogP contribution in [0.25, 0.3) is 5.13 Å². The van der Waals surface area contributed by atoms with Crippen molar-refractivity contribution in [3.05, 3.63) is 5.01 Å². The van der Waals surface area contributed by atoms with E-state index in [-0.39, 0.29) is 0 Å². The summed E-state index contributed by atoms with van der Waals surface area (Å²) in [5.41, 5.74) is 5.71. The fraction of sp³-hybridized carbons (Fsp3) is 0.429. The standard InChI is InChI=1S/C7H10N6S2/c1-3-4-10-11-7(15-4)13-5(8)9-6(12-13)14-2/h3H2,1-2H3,(H2,8,9,12). The number of hydrogen-bond donors (Lipinski definition) is 1. The maximum absolute atomic E-state index is 5.71. The van der Waals surface area contributed by atoms with Gasteiger partial charge in [0.25, 0.3) is 0 Å². The lowest BCUT2D eigenvalue weighted by molar-refractivity contribution is 0.814. The van der Waals surface area contributed by atoms with Crippen LogP contribution in [0.15, 0.2) is 5.16 Å². The van der Waals surface area contributed by atoms with Gasteiger partial charge in [0.05, 0.1) is 0 Å². The molecule has 15 heavy (non-hydrogen) atoms. The Balaban J connectivity index is 2.39. The van der Waals surface area contributed by atoms with Crippen LogP contribution in [0.2, 0.25) is 0 Å². The maximum Gasteiger partial charge on any atom is 0.236 e. The Morgan fingerprint density at radius 1 is 1.47 bits per heavy atom. The van der Waals surface area contributed by atoms with Gasteiger partial charge in [0, 0.05) is 0 Å². The first-order valence-corrected chi connectivity index (χ1v) is 6.38. The lowest BCUT2D eigenvalue weighted by Crippen LogP contribution is -2.01. The molecule has 0 spiro atoms. The number of hydrogen-bond acceptors (Lipinski definition) is 7. The first kappa shape index (κ1) is 10.4. The molecule has 0 aliphatic carbocycles. The Morgan fingerprint density at radius 3 is 2.80 bits per heavy atom. The highest BCUT2D eigenvalue weighted by Crippen LogP contribution is 2.19. The molecule has 0 aliphatic heterocycles. The molecule has 0 saturated heterocycles. The van der Waals surface area contributed by atoms with Crippen molar-refractivity contribution in [2.45, 2.75) is 18.5 Å². The second-order valence-electron chi connectivity index (χ2n) is 2.70. The van der Waals surface area contributed by atoms with Crippen LogP contribution in [0.3, 0.4) is 0 Å². The van der Waals surface area contributed by atoms with Crippen LogP contribution in [-0.4, -0.2) is 31.2 Å². The summed E-state index contributed by atoms with van der Waals surface area (Å²) in [6.45, 7) is 2.03. The molecule has 80 valence electrons. The fourth-order valence-electron chi connectivity index (χ4n) is 1.00. The SMILES string of the molecule is CCc1nnc(-n2nc(SC)nc2N)s1. The van der Waals surface area contributed by atoms with E-state index < -0.39 is 0 Å². The number of thioether (sulfide) groups is 1. The highest BCUT2D eigenvalue weighted by Gasteiger charge is 2.12. The van der Waals surface area contributed by atoms with Crippen molar-refractivity contribution in [3.63, 3.8) is 0 Å². The average molecular weight is 242 g/mol. The minimum atomic E-state index is 0.346. The van der Waals surface area contributed by atoms with Crippen LogP contribution in [0, 0.1) is 0 Å². The maximum atomic E-state index is 5.71. The van der Waals surface area contributed by atoms with Crippen molar-refractivity contribution in [2.75, 3.05) is 12.0 Å². The Labute approximate surface area is 94.9 Å². The molecular formula is C7H10N6S2. The molecule has 0 amide bonds. The van der Waals surface area contributed by atoms with Crippen molar-refractivity contribution < 1.29 is 0 Å². The van der Waals surface area contributed by atoms with Gasteiger partial charge in [-0.3, -0.25) is 0 Å². The largest absolute Gasteiger partial charge is 0.368 e. The number of nitrogens with zero attached hydrogens (tertiary/aromatic N) is 5. The van der Waals surface area contributed by atoms with E-state index >= 15 is 0 Å². The van der Waals surface area contributed by atoms with Gasteiger partial charge < -0.3 is 5.73 Å². The number of aromatic nitrogens is 5. The molecule has 0 aromatic carbocycles. The van der Waals surface area contributed by atoms with Gasteiger partial charge in [0.1, 0.15) is 5.01 Å². The highest BCUT2D eigenvalue weighted by atomic mass is 32.2. The van der Waals surface area contributed by atoms with Gasteiger partial charge in [-0.25, -0.2) is 0 Å². The zero-order valence-electron chi connectivity index (χ0n) is 8.34. The van der Waals surface area contributed by atoms with E-state index in [1.165, 1.54) is 27.8 Å². The van der Waals surface area contributed by atoms with E-state index in [9.17, 15) is 0 Å². The van der Waals surface area contributed by atoms with E-state index in [4.69, 9.17) is 5.73 Å². The third kappa shape index (κ3) is 1.95. The third-order valence-electron chi connectivity index (χ3n) is 1.74. The summed E-state index contributed by atoms with van der Waals surface area (Å²) >= 11 is 2.92. The first-order valence-electron chi connectivity index (χ1n) is 4.34. The number of nitrogens with two attached hydrogens (primary N) is 1. The topological polar surface area (TPSA) is 82.5 Å². The van der Waals surface area contributed by atoms with Gasteiger partial charge in [-0.1, -0.05) is 30.0 Å². The zero-order valence-corrected chi connectivity index (χ0v) is 9.97. The van der Waals surface area contributed by atoms with Gasteiger partial charge >= 0.3 is 0 Å². The minimum Gasteiger partial charge on any atom is -0.368 e. The van der Waals surface area contributed by atoms with E-state index in [0.717, 1.165) is 11.4 Å². The second kappa shape index (κ2) is 4.15. The van der Waals surface area contributed by atoms with Crippen molar-refractivity contribution in [3.8, 4) is 5.13 Å². The first-order chi connectivity index (χ1) is 7.24. The third-order valence-corrected chi connectivity index (χ3v) is 3.32. The van der Waals surface area contributed by atoms with Crippen LogP contribution in [0.4, 0.5) is 5.95 Å². The molecule has 0 fully saturated rings. The lowest BCUT2D eigenvalue weighted by Gasteiger charge is -1.92. The molecule has 2 aromatic heterocycles. The van der Waals surface area contributed by atoms with Crippen LogP contribution >= 0.6 is 23.1 Å². The molecule has 0 radical (unpaired) electrons. The summed E-state index contributed by atoms with van der Waals surface area (Å²) in [7, 11) is 0. The summed E-state index contributed by atoms with van der Waals surface area (Å²) in [5, 5.41) is 14.5. The molecule has 0 bridgehead atoms. The van der Waals surface area contributed by atoms with Gasteiger partial charge in [-0.2, -0.15) is 9.67 Å². The number of nitrogen functional groups attached to an aromatic ring is 1. The molecule has 6 nitrogen and oxygen atoms in total. The molecule has 8 heteroatoms. The molecule has 0 saturated carbocycles. The van der Waals surface area contributed by atoms with Crippen LogP contribution in [0.1, 0.15) is 11.9 Å². The predicted octanol–water partition coefficient (Wildman–Crippen LogP) is 0.985. The minimum absolute atomic E-state index is 0.346. The number of aryl methyl sites for hydroxylation is 1. The summed E-state index contributed by atoms with van der Waals surface area (Å²) in [6.07, 6.45) is 2.76. The smallest absolute Gasteiger partial charge is 0.236 e. The zero-order chi connectivity index (χ0) is 10.8. The highest BCUT2D eigenvalue weighted by molar-refractivity contribution is 7.98. The second-order valence-corrected chi connectivity index (χ2v) is 4.51. The van der Waals surface area contributed by atoms with E-state index in [1.54, 1.807) is 0 Å². The Morgan fingerprint density at radius 2 is 2.27 bits per heavy atom.